The number of thiophene rings is 1. The Hall–Kier alpha value is -2.05. The molecule has 2 rings (SSSR count). The average Bonchev–Trinajstić information content (AvgIpc) is 2.84. The third-order valence-electron chi connectivity index (χ3n) is 2.74. The zero-order valence-corrected chi connectivity index (χ0v) is 12.8. The molecule has 0 aliphatic carbocycles. The molecule has 1 aromatic heterocycles. The fourth-order valence-corrected chi connectivity index (χ4v) is 2.77. The predicted octanol–water partition coefficient (Wildman–Crippen LogP) is 3.07. The smallest absolute Gasteiger partial charge is 0.250 e. The molecule has 5 nitrogen and oxygen atoms in total. The zero-order valence-electron chi connectivity index (χ0n) is 11.3. The van der Waals surface area contributed by atoms with Crippen LogP contribution in [0.5, 0.6) is 0 Å². The van der Waals surface area contributed by atoms with Crippen molar-refractivity contribution in [3.05, 3.63) is 45.1 Å². The van der Waals surface area contributed by atoms with Gasteiger partial charge in [-0.1, -0.05) is 11.6 Å². The number of benzene rings is 1. The predicted molar refractivity (Wildman–Crippen MR) is 85.9 cm³/mol. The van der Waals surface area contributed by atoms with Crippen LogP contribution >= 0.6 is 22.9 Å². The number of hydrogen-bond donors (Lipinski definition) is 3. The van der Waals surface area contributed by atoms with E-state index in [2.05, 4.69) is 10.6 Å². The Morgan fingerprint density at radius 2 is 2.10 bits per heavy atom. The van der Waals surface area contributed by atoms with Crippen molar-refractivity contribution < 1.29 is 9.59 Å². The molecule has 1 heterocycles. The van der Waals surface area contributed by atoms with E-state index in [1.807, 2.05) is 11.4 Å². The second-order valence-electron chi connectivity index (χ2n) is 4.35. The largest absolute Gasteiger partial charge is 0.380 e. The first kappa shape index (κ1) is 15.3. The van der Waals surface area contributed by atoms with Gasteiger partial charge in [0, 0.05) is 17.5 Å². The summed E-state index contributed by atoms with van der Waals surface area (Å²) < 4.78 is 0. The van der Waals surface area contributed by atoms with Crippen LogP contribution in [-0.4, -0.2) is 11.8 Å². The van der Waals surface area contributed by atoms with Crippen molar-refractivity contribution in [1.82, 2.24) is 0 Å². The number of carbonyl (C=O) groups is 2. The normalized spacial score (nSPS) is 10.2. The van der Waals surface area contributed by atoms with Crippen LogP contribution in [0.4, 0.5) is 11.4 Å². The molecule has 0 saturated carbocycles. The zero-order chi connectivity index (χ0) is 15.4. The second-order valence-corrected chi connectivity index (χ2v) is 5.76. The van der Waals surface area contributed by atoms with Crippen LogP contribution in [0.15, 0.2) is 29.6 Å². The maximum absolute atomic E-state index is 11.2. The topological polar surface area (TPSA) is 84.2 Å². The van der Waals surface area contributed by atoms with Crippen molar-refractivity contribution in [2.75, 3.05) is 10.6 Å². The van der Waals surface area contributed by atoms with E-state index in [1.54, 1.807) is 18.2 Å². The van der Waals surface area contributed by atoms with E-state index in [4.69, 9.17) is 17.3 Å². The summed E-state index contributed by atoms with van der Waals surface area (Å²) in [4.78, 5) is 23.3. The Kier molecular flexibility index (Phi) is 4.82. The maximum Gasteiger partial charge on any atom is 0.250 e. The van der Waals surface area contributed by atoms with E-state index >= 15 is 0 Å². The Labute approximate surface area is 131 Å². The first-order chi connectivity index (χ1) is 9.97. The Morgan fingerprint density at radius 1 is 1.33 bits per heavy atom. The molecule has 0 spiro atoms. The van der Waals surface area contributed by atoms with Gasteiger partial charge in [-0.15, -0.1) is 11.3 Å². The van der Waals surface area contributed by atoms with E-state index in [1.165, 1.54) is 18.3 Å². The van der Waals surface area contributed by atoms with Gasteiger partial charge < -0.3 is 16.4 Å². The Morgan fingerprint density at radius 3 is 2.76 bits per heavy atom. The van der Waals surface area contributed by atoms with Crippen molar-refractivity contribution in [3.63, 3.8) is 0 Å². The molecule has 7 heteroatoms. The van der Waals surface area contributed by atoms with Gasteiger partial charge in [-0.05, 0) is 29.6 Å². The molecule has 2 amide bonds. The van der Waals surface area contributed by atoms with Gasteiger partial charge in [0.25, 0.3) is 0 Å². The lowest BCUT2D eigenvalue weighted by molar-refractivity contribution is -0.114. The van der Waals surface area contributed by atoms with Crippen LogP contribution in [0, 0.1) is 0 Å². The van der Waals surface area contributed by atoms with E-state index < -0.39 is 5.91 Å². The monoisotopic (exact) mass is 323 g/mol. The van der Waals surface area contributed by atoms with Gasteiger partial charge in [0.15, 0.2) is 0 Å². The van der Waals surface area contributed by atoms with Gasteiger partial charge in [-0.25, -0.2) is 0 Å². The van der Waals surface area contributed by atoms with E-state index in [0.717, 1.165) is 16.3 Å². The first-order valence-corrected chi connectivity index (χ1v) is 7.40. The molecule has 0 saturated heterocycles. The van der Waals surface area contributed by atoms with Crippen LogP contribution < -0.4 is 16.4 Å². The minimum Gasteiger partial charge on any atom is -0.380 e. The van der Waals surface area contributed by atoms with Crippen molar-refractivity contribution in [2.45, 2.75) is 13.5 Å². The molecule has 0 fully saturated rings. The highest BCUT2D eigenvalue weighted by atomic mass is 35.5. The minimum atomic E-state index is -0.571. The number of hydrogen-bond acceptors (Lipinski definition) is 4. The molecule has 0 aliphatic rings. The molecule has 21 heavy (non-hydrogen) atoms. The fraction of sp³-hybridized carbons (Fsp3) is 0.143. The summed E-state index contributed by atoms with van der Waals surface area (Å²) in [6.07, 6.45) is 0. The van der Waals surface area contributed by atoms with Gasteiger partial charge >= 0.3 is 0 Å². The lowest BCUT2D eigenvalue weighted by Gasteiger charge is -2.09. The van der Waals surface area contributed by atoms with Crippen LogP contribution in [0.3, 0.4) is 0 Å². The third-order valence-corrected chi connectivity index (χ3v) is 3.99. The standard InChI is InChI=1S/C14H14ClN3O2S/c1-8(19)18-12-4-5-21-13(12)7-17-9-2-3-11(15)10(6-9)14(16)20/h2-6,17H,7H2,1H3,(H2,16,20)(H,18,19). The number of anilines is 2. The molecule has 2 aromatic rings. The van der Waals surface area contributed by atoms with Gasteiger partial charge in [0.05, 0.1) is 22.8 Å². The van der Waals surface area contributed by atoms with E-state index in [-0.39, 0.29) is 11.5 Å². The number of nitrogens with one attached hydrogen (secondary N) is 2. The summed E-state index contributed by atoms with van der Waals surface area (Å²) in [5.74, 6) is -0.684. The quantitative estimate of drug-likeness (QED) is 0.790. The van der Waals surface area contributed by atoms with Crippen molar-refractivity contribution in [3.8, 4) is 0 Å². The summed E-state index contributed by atoms with van der Waals surface area (Å²) in [5.41, 5.74) is 7.04. The molecule has 0 aliphatic heterocycles. The van der Waals surface area contributed by atoms with Crippen molar-refractivity contribution in [2.24, 2.45) is 5.73 Å². The molecular weight excluding hydrogens is 310 g/mol. The molecule has 0 radical (unpaired) electrons. The molecule has 110 valence electrons. The number of halogens is 1. The number of nitrogens with two attached hydrogens (primary N) is 1. The van der Waals surface area contributed by atoms with Crippen LogP contribution in [0.1, 0.15) is 22.2 Å². The highest BCUT2D eigenvalue weighted by Crippen LogP contribution is 2.25. The summed E-state index contributed by atoms with van der Waals surface area (Å²) in [5, 5.41) is 8.16. The summed E-state index contributed by atoms with van der Waals surface area (Å²) in [6, 6.07) is 6.84. The van der Waals surface area contributed by atoms with Crippen LogP contribution in [-0.2, 0) is 11.3 Å². The fourth-order valence-electron chi connectivity index (χ4n) is 1.78. The summed E-state index contributed by atoms with van der Waals surface area (Å²) in [6.45, 7) is 1.99. The molecule has 4 N–H and O–H groups in total. The van der Waals surface area contributed by atoms with E-state index in [0.29, 0.717) is 11.6 Å². The lowest BCUT2D eigenvalue weighted by Crippen LogP contribution is -2.12. The van der Waals surface area contributed by atoms with Crippen molar-refractivity contribution >= 4 is 46.1 Å². The van der Waals surface area contributed by atoms with Gasteiger partial charge in [-0.3, -0.25) is 9.59 Å². The minimum absolute atomic E-state index is 0.114. The Bertz CT molecular complexity index is 685. The summed E-state index contributed by atoms with van der Waals surface area (Å²) in [7, 11) is 0. The number of primary amides is 1. The molecule has 1 aromatic carbocycles. The van der Waals surface area contributed by atoms with E-state index in [9.17, 15) is 9.59 Å². The lowest BCUT2D eigenvalue weighted by atomic mass is 10.2. The number of amides is 2. The molecule has 0 bridgehead atoms. The highest BCUT2D eigenvalue weighted by Gasteiger charge is 2.09. The SMILES string of the molecule is CC(=O)Nc1ccsc1CNc1ccc(Cl)c(C(N)=O)c1. The maximum atomic E-state index is 11.2. The number of carbonyl (C=O) groups excluding carboxylic acids is 2. The molecule has 0 unspecified atom stereocenters. The van der Waals surface area contributed by atoms with Gasteiger partial charge in [0.2, 0.25) is 11.8 Å². The molecular formula is C14H14ClN3O2S. The second kappa shape index (κ2) is 6.60. The van der Waals surface area contributed by atoms with Crippen LogP contribution in [0.25, 0.3) is 0 Å². The summed E-state index contributed by atoms with van der Waals surface area (Å²) >= 11 is 7.43. The average molecular weight is 324 g/mol. The van der Waals surface area contributed by atoms with Crippen LogP contribution in [0.2, 0.25) is 5.02 Å². The third kappa shape index (κ3) is 3.96. The Balaban J connectivity index is 2.10. The van der Waals surface area contributed by atoms with Crippen molar-refractivity contribution in [1.29, 1.82) is 0 Å². The number of rotatable bonds is 5. The molecule has 0 atom stereocenters. The van der Waals surface area contributed by atoms with Gasteiger partial charge in [-0.2, -0.15) is 0 Å². The first-order valence-electron chi connectivity index (χ1n) is 6.14. The highest BCUT2D eigenvalue weighted by molar-refractivity contribution is 7.10. The van der Waals surface area contributed by atoms with Gasteiger partial charge in [0.1, 0.15) is 0 Å².